The third kappa shape index (κ3) is 3.88. The molecule has 25 heavy (non-hydrogen) atoms. The minimum Gasteiger partial charge on any atom is -0.361 e. The molecule has 2 aliphatic heterocycles. The first-order valence-electron chi connectivity index (χ1n) is 9.57. The van der Waals surface area contributed by atoms with Crippen LogP contribution in [0, 0.1) is 0 Å². The molecule has 1 aromatic carbocycles. The SMILES string of the molecule is O=C(Cc1c[nH]c2ccccc12)N1CCN(CCN2CCCC2)CC1. The van der Waals surface area contributed by atoms with Gasteiger partial charge in [-0.1, -0.05) is 18.2 Å². The number of benzene rings is 1. The molecule has 1 aromatic heterocycles. The van der Waals surface area contributed by atoms with Gasteiger partial charge in [0.05, 0.1) is 6.42 Å². The number of rotatable bonds is 5. The fraction of sp³-hybridized carbons (Fsp3) is 0.550. The van der Waals surface area contributed by atoms with E-state index in [0.29, 0.717) is 6.42 Å². The van der Waals surface area contributed by atoms with Gasteiger partial charge in [-0.15, -0.1) is 0 Å². The number of carbonyl (C=O) groups excluding carboxylic acids is 1. The molecule has 0 saturated carbocycles. The first-order chi connectivity index (χ1) is 12.3. The number of aromatic nitrogens is 1. The van der Waals surface area contributed by atoms with Crippen molar-refractivity contribution >= 4 is 16.8 Å². The number of aromatic amines is 1. The standard InChI is InChI=1S/C20H28N4O/c25-20(15-17-16-21-19-6-2-1-5-18(17)19)24-13-11-23(12-14-24)10-9-22-7-3-4-8-22/h1-2,5-6,16,21H,3-4,7-15H2. The van der Waals surface area contributed by atoms with E-state index in [2.05, 4.69) is 26.9 Å². The quantitative estimate of drug-likeness (QED) is 0.905. The predicted octanol–water partition coefficient (Wildman–Crippen LogP) is 1.95. The van der Waals surface area contributed by atoms with E-state index in [4.69, 9.17) is 0 Å². The number of nitrogens with zero attached hydrogens (tertiary/aromatic N) is 3. The molecule has 2 aliphatic rings. The number of nitrogens with one attached hydrogen (secondary N) is 1. The first-order valence-corrected chi connectivity index (χ1v) is 9.57. The minimum atomic E-state index is 0.254. The van der Waals surface area contributed by atoms with Gasteiger partial charge in [0.25, 0.3) is 0 Å². The van der Waals surface area contributed by atoms with Crippen LogP contribution in [0.2, 0.25) is 0 Å². The Hall–Kier alpha value is -1.85. The van der Waals surface area contributed by atoms with E-state index in [1.807, 2.05) is 23.2 Å². The Kier molecular flexibility index (Phi) is 5.04. The second kappa shape index (κ2) is 7.58. The van der Waals surface area contributed by atoms with Crippen molar-refractivity contribution in [1.29, 1.82) is 0 Å². The van der Waals surface area contributed by atoms with E-state index >= 15 is 0 Å². The molecule has 0 spiro atoms. The highest BCUT2D eigenvalue weighted by Crippen LogP contribution is 2.19. The highest BCUT2D eigenvalue weighted by Gasteiger charge is 2.22. The zero-order chi connectivity index (χ0) is 17.1. The lowest BCUT2D eigenvalue weighted by Gasteiger charge is -2.35. The van der Waals surface area contributed by atoms with Crippen molar-refractivity contribution in [2.24, 2.45) is 0 Å². The van der Waals surface area contributed by atoms with Crippen LogP contribution >= 0.6 is 0 Å². The Labute approximate surface area is 149 Å². The van der Waals surface area contributed by atoms with Gasteiger partial charge in [-0.05, 0) is 37.6 Å². The Bertz CT molecular complexity index is 711. The molecule has 0 aliphatic carbocycles. The number of H-pyrrole nitrogens is 1. The lowest BCUT2D eigenvalue weighted by molar-refractivity contribution is -0.132. The van der Waals surface area contributed by atoms with Crippen molar-refractivity contribution in [2.75, 3.05) is 52.4 Å². The molecule has 5 nitrogen and oxygen atoms in total. The number of amides is 1. The summed E-state index contributed by atoms with van der Waals surface area (Å²) in [5.74, 6) is 0.254. The summed E-state index contributed by atoms with van der Waals surface area (Å²) in [5, 5.41) is 1.17. The van der Waals surface area contributed by atoms with Crippen LogP contribution in [-0.2, 0) is 11.2 Å². The van der Waals surface area contributed by atoms with Crippen LogP contribution in [0.25, 0.3) is 10.9 Å². The van der Waals surface area contributed by atoms with E-state index in [-0.39, 0.29) is 5.91 Å². The van der Waals surface area contributed by atoms with Crippen LogP contribution in [0.15, 0.2) is 30.5 Å². The summed E-state index contributed by atoms with van der Waals surface area (Å²) in [6, 6.07) is 8.20. The van der Waals surface area contributed by atoms with Gasteiger partial charge < -0.3 is 14.8 Å². The second-order valence-corrected chi connectivity index (χ2v) is 7.31. The van der Waals surface area contributed by atoms with E-state index in [0.717, 1.165) is 43.8 Å². The van der Waals surface area contributed by atoms with Crippen LogP contribution in [-0.4, -0.2) is 77.9 Å². The van der Waals surface area contributed by atoms with Gasteiger partial charge in [0.2, 0.25) is 5.91 Å². The average molecular weight is 340 g/mol. The summed E-state index contributed by atoms with van der Waals surface area (Å²) in [6.45, 7) is 8.60. The number of para-hydroxylation sites is 1. The molecular formula is C20H28N4O. The molecule has 0 bridgehead atoms. The summed E-state index contributed by atoms with van der Waals surface area (Å²) < 4.78 is 0. The molecule has 2 fully saturated rings. The van der Waals surface area contributed by atoms with Gasteiger partial charge in [0, 0.05) is 56.4 Å². The molecule has 5 heteroatoms. The number of carbonyl (C=O) groups is 1. The van der Waals surface area contributed by atoms with Gasteiger partial charge in [0.1, 0.15) is 0 Å². The summed E-state index contributed by atoms with van der Waals surface area (Å²) in [4.78, 5) is 23.0. The maximum Gasteiger partial charge on any atom is 0.227 e. The van der Waals surface area contributed by atoms with Crippen molar-refractivity contribution in [3.63, 3.8) is 0 Å². The summed E-state index contributed by atoms with van der Waals surface area (Å²) in [7, 11) is 0. The third-order valence-corrected chi connectivity index (χ3v) is 5.67. The molecule has 0 unspecified atom stereocenters. The van der Waals surface area contributed by atoms with Gasteiger partial charge in [-0.3, -0.25) is 9.69 Å². The predicted molar refractivity (Wildman–Crippen MR) is 101 cm³/mol. The van der Waals surface area contributed by atoms with E-state index in [1.165, 1.54) is 37.9 Å². The summed E-state index contributed by atoms with van der Waals surface area (Å²) in [5.41, 5.74) is 2.22. The minimum absolute atomic E-state index is 0.254. The topological polar surface area (TPSA) is 42.6 Å². The number of likely N-dealkylation sites (tertiary alicyclic amines) is 1. The Morgan fingerprint density at radius 3 is 2.36 bits per heavy atom. The zero-order valence-electron chi connectivity index (χ0n) is 14.9. The van der Waals surface area contributed by atoms with Crippen LogP contribution < -0.4 is 0 Å². The van der Waals surface area contributed by atoms with Gasteiger partial charge >= 0.3 is 0 Å². The van der Waals surface area contributed by atoms with E-state index < -0.39 is 0 Å². The fourth-order valence-electron chi connectivity index (χ4n) is 4.06. The molecule has 134 valence electrons. The second-order valence-electron chi connectivity index (χ2n) is 7.31. The maximum absolute atomic E-state index is 12.7. The zero-order valence-corrected chi connectivity index (χ0v) is 14.9. The number of hydrogen-bond donors (Lipinski definition) is 1. The number of piperazine rings is 1. The molecule has 1 N–H and O–H groups in total. The normalized spacial score (nSPS) is 19.8. The monoisotopic (exact) mass is 340 g/mol. The van der Waals surface area contributed by atoms with Crippen molar-refractivity contribution in [3.8, 4) is 0 Å². The van der Waals surface area contributed by atoms with E-state index in [1.54, 1.807) is 0 Å². The van der Waals surface area contributed by atoms with Crippen LogP contribution in [0.3, 0.4) is 0 Å². The molecule has 2 saturated heterocycles. The molecule has 0 radical (unpaired) electrons. The van der Waals surface area contributed by atoms with Crippen LogP contribution in [0.5, 0.6) is 0 Å². The highest BCUT2D eigenvalue weighted by molar-refractivity contribution is 5.88. The maximum atomic E-state index is 12.7. The van der Waals surface area contributed by atoms with Crippen LogP contribution in [0.1, 0.15) is 18.4 Å². The summed E-state index contributed by atoms with van der Waals surface area (Å²) >= 11 is 0. The number of hydrogen-bond acceptors (Lipinski definition) is 3. The molecule has 2 aromatic rings. The molecule has 0 atom stereocenters. The fourth-order valence-corrected chi connectivity index (χ4v) is 4.06. The van der Waals surface area contributed by atoms with E-state index in [9.17, 15) is 4.79 Å². The van der Waals surface area contributed by atoms with Crippen molar-refractivity contribution in [3.05, 3.63) is 36.0 Å². The third-order valence-electron chi connectivity index (χ3n) is 5.67. The molecular weight excluding hydrogens is 312 g/mol. The Morgan fingerprint density at radius 1 is 0.920 bits per heavy atom. The molecule has 1 amide bonds. The highest BCUT2D eigenvalue weighted by atomic mass is 16.2. The largest absolute Gasteiger partial charge is 0.361 e. The van der Waals surface area contributed by atoms with Crippen molar-refractivity contribution < 1.29 is 4.79 Å². The van der Waals surface area contributed by atoms with Crippen molar-refractivity contribution in [1.82, 2.24) is 19.7 Å². The van der Waals surface area contributed by atoms with Crippen molar-refractivity contribution in [2.45, 2.75) is 19.3 Å². The smallest absolute Gasteiger partial charge is 0.227 e. The lowest BCUT2D eigenvalue weighted by atomic mass is 10.1. The first kappa shape index (κ1) is 16.6. The average Bonchev–Trinajstić information content (AvgIpc) is 3.31. The molecule has 3 heterocycles. The summed E-state index contributed by atoms with van der Waals surface area (Å²) in [6.07, 6.45) is 5.19. The Morgan fingerprint density at radius 2 is 1.60 bits per heavy atom. The lowest BCUT2D eigenvalue weighted by Crippen LogP contribution is -2.50. The Balaban J connectivity index is 1.26. The molecule has 4 rings (SSSR count). The van der Waals surface area contributed by atoms with Gasteiger partial charge in [-0.2, -0.15) is 0 Å². The van der Waals surface area contributed by atoms with Gasteiger partial charge in [0.15, 0.2) is 0 Å². The number of fused-ring (bicyclic) bond motifs is 1. The van der Waals surface area contributed by atoms with Crippen LogP contribution in [0.4, 0.5) is 0 Å². The van der Waals surface area contributed by atoms with Gasteiger partial charge in [-0.25, -0.2) is 0 Å².